The van der Waals surface area contributed by atoms with Gasteiger partial charge in [0.2, 0.25) is 5.91 Å². The third-order valence-electron chi connectivity index (χ3n) is 3.78. The minimum Gasteiger partial charge on any atom is -0.344 e. The SMILES string of the molecule is Cc1ncsc1CCN(C)C(=O)Cn1sc2ccccc2c1=O. The van der Waals surface area contributed by atoms with Crippen LogP contribution in [0.15, 0.2) is 34.6 Å². The van der Waals surface area contributed by atoms with Gasteiger partial charge in [0.25, 0.3) is 5.56 Å². The van der Waals surface area contributed by atoms with E-state index in [9.17, 15) is 9.59 Å². The van der Waals surface area contributed by atoms with E-state index < -0.39 is 0 Å². The molecule has 0 saturated carbocycles. The number of rotatable bonds is 5. The van der Waals surface area contributed by atoms with Crippen molar-refractivity contribution in [3.8, 4) is 0 Å². The monoisotopic (exact) mass is 347 g/mol. The number of benzene rings is 1. The number of thiazole rings is 1. The van der Waals surface area contributed by atoms with Crippen molar-refractivity contribution in [2.24, 2.45) is 0 Å². The van der Waals surface area contributed by atoms with E-state index >= 15 is 0 Å². The Morgan fingerprint density at radius 2 is 2.13 bits per heavy atom. The van der Waals surface area contributed by atoms with Crippen LogP contribution in [0.25, 0.3) is 10.1 Å². The molecule has 2 heterocycles. The molecule has 0 aliphatic rings. The van der Waals surface area contributed by atoms with Crippen LogP contribution in [0.4, 0.5) is 0 Å². The van der Waals surface area contributed by atoms with E-state index in [0.29, 0.717) is 11.9 Å². The summed E-state index contributed by atoms with van der Waals surface area (Å²) >= 11 is 2.95. The van der Waals surface area contributed by atoms with Gasteiger partial charge >= 0.3 is 0 Å². The summed E-state index contributed by atoms with van der Waals surface area (Å²) in [5.41, 5.74) is 2.76. The maximum atomic E-state index is 12.3. The molecule has 23 heavy (non-hydrogen) atoms. The van der Waals surface area contributed by atoms with Gasteiger partial charge in [0.15, 0.2) is 0 Å². The van der Waals surface area contributed by atoms with Crippen molar-refractivity contribution >= 4 is 38.9 Å². The van der Waals surface area contributed by atoms with Gasteiger partial charge in [0, 0.05) is 24.9 Å². The van der Waals surface area contributed by atoms with Gasteiger partial charge in [-0.25, -0.2) is 4.98 Å². The first-order valence-corrected chi connectivity index (χ1v) is 8.93. The first-order chi connectivity index (χ1) is 11.1. The van der Waals surface area contributed by atoms with E-state index in [0.717, 1.165) is 16.8 Å². The summed E-state index contributed by atoms with van der Waals surface area (Å²) in [4.78, 5) is 31.7. The molecule has 0 radical (unpaired) electrons. The number of amides is 1. The average Bonchev–Trinajstić information content (AvgIpc) is 3.09. The summed E-state index contributed by atoms with van der Waals surface area (Å²) in [5, 5.41) is 0.674. The molecule has 0 saturated heterocycles. The molecule has 0 unspecified atom stereocenters. The summed E-state index contributed by atoms with van der Waals surface area (Å²) in [6.45, 7) is 2.70. The number of aromatic nitrogens is 2. The Kier molecular flexibility index (Phi) is 4.58. The molecule has 0 aliphatic heterocycles. The van der Waals surface area contributed by atoms with E-state index in [1.165, 1.54) is 20.4 Å². The van der Waals surface area contributed by atoms with Gasteiger partial charge < -0.3 is 4.90 Å². The number of aryl methyl sites for hydroxylation is 1. The molecular formula is C16H17N3O2S2. The third kappa shape index (κ3) is 3.35. The molecular weight excluding hydrogens is 330 g/mol. The number of fused-ring (bicyclic) bond motifs is 1. The highest BCUT2D eigenvalue weighted by atomic mass is 32.1. The highest BCUT2D eigenvalue weighted by Crippen LogP contribution is 2.16. The van der Waals surface area contributed by atoms with Crippen LogP contribution in [0.3, 0.4) is 0 Å². The molecule has 0 atom stereocenters. The standard InChI is InChI=1S/C16H17N3O2S2/c1-11-13(22-10-17-11)7-8-18(2)15(20)9-19-16(21)12-5-3-4-6-14(12)23-19/h3-6,10H,7-9H2,1-2H3. The number of hydrogen-bond donors (Lipinski definition) is 0. The Hall–Kier alpha value is -1.99. The fourth-order valence-electron chi connectivity index (χ4n) is 2.33. The van der Waals surface area contributed by atoms with E-state index in [2.05, 4.69) is 4.98 Å². The van der Waals surface area contributed by atoms with Gasteiger partial charge in [0.05, 0.1) is 21.3 Å². The smallest absolute Gasteiger partial charge is 0.268 e. The maximum Gasteiger partial charge on any atom is 0.268 e. The molecule has 2 aromatic heterocycles. The molecule has 3 aromatic rings. The molecule has 1 amide bonds. The highest BCUT2D eigenvalue weighted by Gasteiger charge is 2.14. The van der Waals surface area contributed by atoms with Crippen LogP contribution in [0, 0.1) is 6.92 Å². The number of carbonyl (C=O) groups excluding carboxylic acids is 1. The zero-order valence-corrected chi connectivity index (χ0v) is 14.6. The Morgan fingerprint density at radius 3 is 2.83 bits per heavy atom. The Labute approximate surface area is 142 Å². The van der Waals surface area contributed by atoms with Crippen LogP contribution in [0.5, 0.6) is 0 Å². The van der Waals surface area contributed by atoms with Crippen molar-refractivity contribution in [1.29, 1.82) is 0 Å². The lowest BCUT2D eigenvalue weighted by molar-refractivity contribution is -0.130. The molecule has 5 nitrogen and oxygen atoms in total. The molecule has 0 spiro atoms. The Bertz CT molecular complexity index is 894. The Balaban J connectivity index is 1.67. The molecule has 0 bridgehead atoms. The van der Waals surface area contributed by atoms with Gasteiger partial charge in [-0.3, -0.25) is 13.5 Å². The van der Waals surface area contributed by atoms with Gasteiger partial charge in [-0.1, -0.05) is 23.7 Å². The summed E-state index contributed by atoms with van der Waals surface area (Å²) in [5.74, 6) is -0.0548. The van der Waals surface area contributed by atoms with Gasteiger partial charge in [-0.2, -0.15) is 0 Å². The first kappa shape index (κ1) is 15.9. The van der Waals surface area contributed by atoms with E-state index in [-0.39, 0.29) is 18.0 Å². The topological polar surface area (TPSA) is 55.2 Å². The predicted octanol–water partition coefficient (Wildman–Crippen LogP) is 2.53. The molecule has 0 fully saturated rings. The van der Waals surface area contributed by atoms with Crippen LogP contribution in [0.2, 0.25) is 0 Å². The van der Waals surface area contributed by atoms with E-state index in [1.807, 2.05) is 30.6 Å². The number of hydrogen-bond acceptors (Lipinski definition) is 5. The predicted molar refractivity (Wildman–Crippen MR) is 94.3 cm³/mol. The number of carbonyl (C=O) groups is 1. The lowest BCUT2D eigenvalue weighted by Gasteiger charge is -2.16. The molecule has 1 aromatic carbocycles. The molecule has 120 valence electrons. The summed E-state index contributed by atoms with van der Waals surface area (Å²) < 4.78 is 2.44. The van der Waals surface area contributed by atoms with E-state index in [4.69, 9.17) is 0 Å². The second kappa shape index (κ2) is 6.64. The van der Waals surface area contributed by atoms with Crippen molar-refractivity contribution in [3.05, 3.63) is 50.7 Å². The van der Waals surface area contributed by atoms with Crippen molar-refractivity contribution < 1.29 is 4.79 Å². The zero-order chi connectivity index (χ0) is 16.4. The van der Waals surface area contributed by atoms with Gasteiger partial charge in [-0.15, -0.1) is 11.3 Å². The van der Waals surface area contributed by atoms with Crippen molar-refractivity contribution in [2.45, 2.75) is 19.9 Å². The summed E-state index contributed by atoms with van der Waals surface area (Å²) in [6, 6.07) is 7.43. The molecule has 7 heteroatoms. The van der Waals surface area contributed by atoms with E-state index in [1.54, 1.807) is 29.4 Å². The quantitative estimate of drug-likeness (QED) is 0.713. The highest BCUT2D eigenvalue weighted by molar-refractivity contribution is 7.13. The largest absolute Gasteiger partial charge is 0.344 e. The number of nitrogens with zero attached hydrogens (tertiary/aromatic N) is 3. The number of likely N-dealkylation sites (N-methyl/N-ethyl adjacent to an activating group) is 1. The van der Waals surface area contributed by atoms with Crippen LogP contribution in [0.1, 0.15) is 10.6 Å². The lowest BCUT2D eigenvalue weighted by Crippen LogP contribution is -2.33. The van der Waals surface area contributed by atoms with Crippen LogP contribution < -0.4 is 5.56 Å². The Morgan fingerprint density at radius 1 is 1.35 bits per heavy atom. The third-order valence-corrected chi connectivity index (χ3v) is 5.84. The van der Waals surface area contributed by atoms with Gasteiger partial charge in [0.1, 0.15) is 6.54 Å². The molecule has 0 aliphatic carbocycles. The van der Waals surface area contributed by atoms with Gasteiger partial charge in [-0.05, 0) is 19.1 Å². The first-order valence-electron chi connectivity index (χ1n) is 7.28. The minimum atomic E-state index is -0.0920. The second-order valence-electron chi connectivity index (χ2n) is 5.36. The van der Waals surface area contributed by atoms with Crippen LogP contribution >= 0.6 is 22.9 Å². The van der Waals surface area contributed by atoms with Crippen molar-refractivity contribution in [1.82, 2.24) is 13.8 Å². The minimum absolute atomic E-state index is 0.0548. The lowest BCUT2D eigenvalue weighted by atomic mass is 10.3. The van der Waals surface area contributed by atoms with Crippen LogP contribution in [-0.2, 0) is 17.8 Å². The van der Waals surface area contributed by atoms with Crippen LogP contribution in [-0.4, -0.2) is 33.3 Å². The fraction of sp³-hybridized carbons (Fsp3) is 0.312. The molecule has 3 rings (SSSR count). The average molecular weight is 347 g/mol. The second-order valence-corrected chi connectivity index (χ2v) is 7.36. The summed E-state index contributed by atoms with van der Waals surface area (Å²) in [7, 11) is 1.77. The maximum absolute atomic E-state index is 12.3. The normalized spacial score (nSPS) is 11.0. The summed E-state index contributed by atoms with van der Waals surface area (Å²) in [6.07, 6.45) is 0.792. The van der Waals surface area contributed by atoms with Crippen molar-refractivity contribution in [2.75, 3.05) is 13.6 Å². The zero-order valence-electron chi connectivity index (χ0n) is 13.0. The fourth-order valence-corrected chi connectivity index (χ4v) is 4.08. The molecule has 0 N–H and O–H groups in total. The van der Waals surface area contributed by atoms with Crippen molar-refractivity contribution in [3.63, 3.8) is 0 Å².